The number of phenols is 1. The number of halogens is 1. The molecule has 3 rings (SSSR count). The van der Waals surface area contributed by atoms with Gasteiger partial charge in [0.25, 0.3) is 0 Å². The highest BCUT2D eigenvalue weighted by Crippen LogP contribution is 2.47. The molecule has 1 fully saturated rings. The Bertz CT molecular complexity index is 904. The Kier molecular flexibility index (Phi) is 6.83. The zero-order valence-electron chi connectivity index (χ0n) is 16.5. The number of hydrogen-bond acceptors (Lipinski definition) is 5. The van der Waals surface area contributed by atoms with Crippen LogP contribution in [0.1, 0.15) is 53.1 Å². The van der Waals surface area contributed by atoms with Crippen LogP contribution in [0.3, 0.4) is 0 Å². The minimum absolute atomic E-state index is 0.0614. The molecule has 0 saturated heterocycles. The molecule has 0 radical (unpaired) electrons. The number of rotatable bonds is 6. The Morgan fingerprint density at radius 1 is 1.10 bits per heavy atom. The summed E-state index contributed by atoms with van der Waals surface area (Å²) in [5.74, 6) is -0.263. The molecule has 0 heterocycles. The second kappa shape index (κ2) is 9.33. The first-order valence-corrected chi connectivity index (χ1v) is 9.98. The number of benzene rings is 2. The molecule has 29 heavy (non-hydrogen) atoms. The number of aromatic hydroxyl groups is 1. The van der Waals surface area contributed by atoms with Crippen LogP contribution in [0.15, 0.2) is 36.4 Å². The summed E-state index contributed by atoms with van der Waals surface area (Å²) >= 11 is 5.89. The van der Waals surface area contributed by atoms with E-state index in [1.165, 1.54) is 20.3 Å². The zero-order chi connectivity index (χ0) is 21.0. The van der Waals surface area contributed by atoms with E-state index < -0.39 is 11.9 Å². The molecule has 0 aliphatic heterocycles. The van der Waals surface area contributed by atoms with E-state index in [2.05, 4.69) is 0 Å². The van der Waals surface area contributed by atoms with Gasteiger partial charge in [0.05, 0.1) is 20.3 Å². The summed E-state index contributed by atoms with van der Waals surface area (Å²) in [4.78, 5) is 12.9. The van der Waals surface area contributed by atoms with Crippen molar-refractivity contribution in [3.63, 3.8) is 0 Å². The van der Waals surface area contributed by atoms with Crippen LogP contribution in [0.4, 0.5) is 0 Å². The molecule has 1 aliphatic rings. The molecule has 0 aromatic heterocycles. The monoisotopic (exact) mass is 416 g/mol. The first kappa shape index (κ1) is 21.2. The van der Waals surface area contributed by atoms with Gasteiger partial charge in [-0.05, 0) is 36.6 Å². The van der Waals surface area contributed by atoms with E-state index in [9.17, 15) is 15.0 Å². The number of aliphatic hydroxyl groups is 1. The maximum Gasteiger partial charge on any atom is 0.193 e. The molecule has 154 valence electrons. The largest absolute Gasteiger partial charge is 0.507 e. The third-order valence-electron chi connectivity index (χ3n) is 5.35. The van der Waals surface area contributed by atoms with Crippen LogP contribution < -0.4 is 9.47 Å². The van der Waals surface area contributed by atoms with E-state index in [-0.39, 0.29) is 23.0 Å². The van der Waals surface area contributed by atoms with Gasteiger partial charge in [0, 0.05) is 22.6 Å². The predicted octanol–water partition coefficient (Wildman–Crippen LogP) is 4.98. The molecular formula is C23H25ClO5. The molecule has 5 nitrogen and oxygen atoms in total. The molecule has 2 N–H and O–H groups in total. The van der Waals surface area contributed by atoms with E-state index in [1.807, 2.05) is 0 Å². The number of aliphatic hydroxyl groups excluding tert-OH is 1. The molecule has 6 heteroatoms. The van der Waals surface area contributed by atoms with Crippen molar-refractivity contribution in [2.45, 2.75) is 37.7 Å². The smallest absolute Gasteiger partial charge is 0.193 e. The number of ether oxygens (including phenoxy) is 2. The fourth-order valence-corrected chi connectivity index (χ4v) is 3.97. The van der Waals surface area contributed by atoms with Crippen LogP contribution in [0.2, 0.25) is 5.02 Å². The number of carbonyl (C=O) groups is 1. The van der Waals surface area contributed by atoms with Gasteiger partial charge in [-0.3, -0.25) is 4.79 Å². The summed E-state index contributed by atoms with van der Waals surface area (Å²) in [6.07, 6.45) is 5.68. The van der Waals surface area contributed by atoms with Crippen molar-refractivity contribution in [1.29, 1.82) is 0 Å². The van der Waals surface area contributed by atoms with Gasteiger partial charge in [-0.15, -0.1) is 0 Å². The Labute approximate surface area is 175 Å². The van der Waals surface area contributed by atoms with Crippen molar-refractivity contribution < 1.29 is 24.5 Å². The van der Waals surface area contributed by atoms with Crippen LogP contribution in [0.5, 0.6) is 17.2 Å². The quantitative estimate of drug-likeness (QED) is 0.513. The van der Waals surface area contributed by atoms with Gasteiger partial charge in [0.15, 0.2) is 5.78 Å². The summed E-state index contributed by atoms with van der Waals surface area (Å²) in [7, 11) is 2.93. The minimum atomic E-state index is -0.593. The standard InChI is InChI=1S/C23H25ClO5/c1-28-19-13-20(29-2)22(18(26)12-9-14-7-10-15(24)11-8-14)23(27)21(19)16-5-3-4-6-17(16)25/h7-13,16-17,25,27H,3-6H2,1-2H3/b12-9+/t16-,17-/m0/s1. The van der Waals surface area contributed by atoms with E-state index in [1.54, 1.807) is 36.4 Å². The third kappa shape index (κ3) is 4.57. The Balaban J connectivity index is 2.03. The fourth-order valence-electron chi connectivity index (χ4n) is 3.84. The summed E-state index contributed by atoms with van der Waals surface area (Å²) in [5, 5.41) is 22.1. The predicted molar refractivity (Wildman–Crippen MR) is 113 cm³/mol. The minimum Gasteiger partial charge on any atom is -0.507 e. The van der Waals surface area contributed by atoms with Gasteiger partial charge in [-0.25, -0.2) is 0 Å². The lowest BCUT2D eigenvalue weighted by atomic mass is 9.80. The van der Waals surface area contributed by atoms with Crippen molar-refractivity contribution in [2.75, 3.05) is 14.2 Å². The number of hydrogen-bond donors (Lipinski definition) is 2. The van der Waals surface area contributed by atoms with E-state index in [0.717, 1.165) is 18.4 Å². The van der Waals surface area contributed by atoms with Crippen molar-refractivity contribution in [1.82, 2.24) is 0 Å². The lowest BCUT2D eigenvalue weighted by Gasteiger charge is -2.30. The van der Waals surface area contributed by atoms with Crippen LogP contribution in [-0.2, 0) is 0 Å². The SMILES string of the molecule is COc1cc(OC)c([C@H]2CCCC[C@@H]2O)c(O)c1C(=O)/C=C/c1ccc(Cl)cc1. The van der Waals surface area contributed by atoms with Crippen molar-refractivity contribution in [3.8, 4) is 17.2 Å². The number of allylic oxidation sites excluding steroid dienone is 1. The molecule has 0 unspecified atom stereocenters. The van der Waals surface area contributed by atoms with Gasteiger partial charge in [-0.2, -0.15) is 0 Å². The van der Waals surface area contributed by atoms with Crippen molar-refractivity contribution in [2.24, 2.45) is 0 Å². The molecular weight excluding hydrogens is 392 g/mol. The van der Waals surface area contributed by atoms with Gasteiger partial charge in [0.2, 0.25) is 0 Å². The Hall–Kier alpha value is -2.50. The first-order valence-electron chi connectivity index (χ1n) is 9.60. The van der Waals surface area contributed by atoms with Crippen molar-refractivity contribution >= 4 is 23.5 Å². The van der Waals surface area contributed by atoms with Crippen LogP contribution in [0.25, 0.3) is 6.08 Å². The number of carbonyl (C=O) groups excluding carboxylic acids is 1. The Morgan fingerprint density at radius 3 is 2.38 bits per heavy atom. The topological polar surface area (TPSA) is 76.0 Å². The molecule has 1 aliphatic carbocycles. The molecule has 0 amide bonds. The molecule has 1 saturated carbocycles. The van der Waals surface area contributed by atoms with Crippen LogP contribution in [-0.4, -0.2) is 36.3 Å². The lowest BCUT2D eigenvalue weighted by molar-refractivity contribution is 0.101. The van der Waals surface area contributed by atoms with E-state index in [0.29, 0.717) is 29.2 Å². The van der Waals surface area contributed by atoms with E-state index in [4.69, 9.17) is 21.1 Å². The summed E-state index contributed by atoms with van der Waals surface area (Å²) in [6, 6.07) is 8.65. The average Bonchev–Trinajstić information content (AvgIpc) is 2.73. The highest BCUT2D eigenvalue weighted by Gasteiger charge is 2.33. The summed E-state index contributed by atoms with van der Waals surface area (Å²) < 4.78 is 10.8. The van der Waals surface area contributed by atoms with Gasteiger partial charge >= 0.3 is 0 Å². The maximum absolute atomic E-state index is 12.9. The molecule has 0 bridgehead atoms. The van der Waals surface area contributed by atoms with Crippen molar-refractivity contribution in [3.05, 3.63) is 58.1 Å². The average molecular weight is 417 g/mol. The molecule has 2 atom stereocenters. The highest BCUT2D eigenvalue weighted by molar-refractivity contribution is 6.30. The normalized spacial score (nSPS) is 19.3. The summed E-state index contributed by atoms with van der Waals surface area (Å²) in [6.45, 7) is 0. The maximum atomic E-state index is 12.9. The number of methoxy groups -OCH3 is 2. The lowest BCUT2D eigenvalue weighted by Crippen LogP contribution is -2.23. The highest BCUT2D eigenvalue weighted by atomic mass is 35.5. The fraction of sp³-hybridized carbons (Fsp3) is 0.348. The third-order valence-corrected chi connectivity index (χ3v) is 5.60. The Morgan fingerprint density at radius 2 is 1.76 bits per heavy atom. The molecule has 0 spiro atoms. The van der Waals surface area contributed by atoms with Gasteiger partial charge in [-0.1, -0.05) is 42.7 Å². The second-order valence-electron chi connectivity index (χ2n) is 7.13. The first-order chi connectivity index (χ1) is 14.0. The van der Waals surface area contributed by atoms with Gasteiger partial charge < -0.3 is 19.7 Å². The second-order valence-corrected chi connectivity index (χ2v) is 7.56. The molecule has 2 aromatic carbocycles. The van der Waals surface area contributed by atoms with Crippen LogP contribution in [0, 0.1) is 0 Å². The van der Waals surface area contributed by atoms with Crippen LogP contribution >= 0.6 is 11.6 Å². The van der Waals surface area contributed by atoms with Gasteiger partial charge in [0.1, 0.15) is 22.8 Å². The number of phenolic OH excluding ortho intramolecular Hbond substituents is 1. The van der Waals surface area contributed by atoms with E-state index >= 15 is 0 Å². The molecule has 2 aromatic rings. The summed E-state index contributed by atoms with van der Waals surface area (Å²) in [5.41, 5.74) is 1.33. The zero-order valence-corrected chi connectivity index (χ0v) is 17.3. The number of ketones is 1.